The van der Waals surface area contributed by atoms with Gasteiger partial charge in [0.1, 0.15) is 0 Å². The highest BCUT2D eigenvalue weighted by molar-refractivity contribution is 5.57. The molecule has 2 saturated heterocycles. The topological polar surface area (TPSA) is 109 Å². The molecule has 3 aliphatic heterocycles. The van der Waals surface area contributed by atoms with Crippen LogP contribution in [0.15, 0.2) is 9.32 Å². The number of fused-ring (bicyclic) bond motifs is 5. The molecule has 176 valence electrons. The van der Waals surface area contributed by atoms with E-state index in [0.29, 0.717) is 50.2 Å². The van der Waals surface area contributed by atoms with Gasteiger partial charge in [0.2, 0.25) is 5.76 Å². The molecule has 2 aromatic rings. The molecule has 33 heavy (non-hydrogen) atoms. The largest absolute Gasteiger partial charge is 0.380 e. The number of aromatic amines is 1. The maximum absolute atomic E-state index is 13.1. The van der Waals surface area contributed by atoms with E-state index in [-0.39, 0.29) is 23.0 Å². The Kier molecular flexibility index (Phi) is 4.44. The van der Waals surface area contributed by atoms with Crippen LogP contribution in [-0.4, -0.2) is 53.9 Å². The molecular weight excluding hydrogens is 426 g/mol. The Morgan fingerprint density at radius 2 is 1.67 bits per heavy atom. The zero-order valence-corrected chi connectivity index (χ0v) is 18.7. The van der Waals surface area contributed by atoms with Gasteiger partial charge < -0.3 is 28.5 Å². The van der Waals surface area contributed by atoms with Crippen molar-refractivity contribution in [3.8, 4) is 11.6 Å². The molecule has 0 aromatic carbocycles. The van der Waals surface area contributed by atoms with Crippen molar-refractivity contribution < 1.29 is 23.5 Å². The molecule has 3 fully saturated rings. The summed E-state index contributed by atoms with van der Waals surface area (Å²) in [6, 6.07) is 0. The molecular formula is C24H29N3O6. The van der Waals surface area contributed by atoms with E-state index < -0.39 is 5.79 Å². The van der Waals surface area contributed by atoms with E-state index in [0.717, 1.165) is 68.3 Å². The molecule has 3 spiro atoms. The maximum atomic E-state index is 13.1. The average molecular weight is 456 g/mol. The highest BCUT2D eigenvalue weighted by Gasteiger charge is 2.61. The Labute approximate surface area is 191 Å². The number of nitrogens with zero attached hydrogens (tertiary/aromatic N) is 2. The Hall–Kier alpha value is -2.07. The van der Waals surface area contributed by atoms with E-state index in [1.165, 1.54) is 0 Å². The lowest BCUT2D eigenvalue weighted by Gasteiger charge is -2.50. The first-order valence-corrected chi connectivity index (χ1v) is 12.2. The lowest BCUT2D eigenvalue weighted by molar-refractivity contribution is -0.231. The third kappa shape index (κ3) is 2.70. The number of aromatic nitrogens is 3. The molecule has 5 heterocycles. The number of rotatable bonds is 1. The summed E-state index contributed by atoms with van der Waals surface area (Å²) in [5, 5.41) is 4.61. The van der Waals surface area contributed by atoms with Crippen molar-refractivity contribution in [3.05, 3.63) is 32.9 Å². The number of H-pyrrole nitrogens is 1. The van der Waals surface area contributed by atoms with Crippen LogP contribution in [0.4, 0.5) is 0 Å². The first-order valence-electron chi connectivity index (χ1n) is 12.2. The first kappa shape index (κ1) is 20.3. The first-order chi connectivity index (χ1) is 16.2. The maximum Gasteiger partial charge on any atom is 0.257 e. The molecule has 9 heteroatoms. The van der Waals surface area contributed by atoms with Gasteiger partial charge in [-0.05, 0) is 38.5 Å². The van der Waals surface area contributed by atoms with Crippen LogP contribution in [0.1, 0.15) is 67.5 Å². The van der Waals surface area contributed by atoms with Crippen LogP contribution in [0.3, 0.4) is 0 Å². The van der Waals surface area contributed by atoms with Crippen LogP contribution in [0.25, 0.3) is 11.6 Å². The number of nitrogens with one attached hydrogen (secondary N) is 1. The van der Waals surface area contributed by atoms with E-state index >= 15 is 0 Å². The van der Waals surface area contributed by atoms with Crippen molar-refractivity contribution in [2.24, 2.45) is 0 Å². The summed E-state index contributed by atoms with van der Waals surface area (Å²) >= 11 is 0. The average Bonchev–Trinajstić information content (AvgIpc) is 3.58. The van der Waals surface area contributed by atoms with Crippen molar-refractivity contribution in [1.82, 2.24) is 15.1 Å². The fourth-order valence-corrected chi connectivity index (χ4v) is 7.00. The van der Waals surface area contributed by atoms with Gasteiger partial charge in [0.15, 0.2) is 11.6 Å². The summed E-state index contributed by atoms with van der Waals surface area (Å²) < 4.78 is 30.0. The van der Waals surface area contributed by atoms with Crippen LogP contribution in [0.5, 0.6) is 0 Å². The fraction of sp³-hybridized carbons (Fsp3) is 0.708. The lowest BCUT2D eigenvalue weighted by Crippen LogP contribution is -2.56. The Morgan fingerprint density at radius 3 is 2.52 bits per heavy atom. The molecule has 5 aliphatic rings. The molecule has 1 N–H and O–H groups in total. The lowest BCUT2D eigenvalue weighted by atomic mass is 9.61. The van der Waals surface area contributed by atoms with E-state index in [1.807, 2.05) is 0 Å². The van der Waals surface area contributed by atoms with Gasteiger partial charge in [-0.1, -0.05) is 11.6 Å². The standard InChI is InChI=1S/C24H29N3O6/c28-21-16-12-30-14-22(8-9-29-13-22)18(16)25-20(26-21)17-15-4-3-6-23(19(15)27-33-17)5-1-2-7-24(23)31-10-11-32-24/h1-14H2,(H,25,26,28)/t22-,23-/m0/s1. The van der Waals surface area contributed by atoms with Crippen LogP contribution < -0.4 is 5.56 Å². The summed E-state index contributed by atoms with van der Waals surface area (Å²) in [5.74, 6) is 0.410. The molecule has 7 rings (SSSR count). The van der Waals surface area contributed by atoms with E-state index in [1.54, 1.807) is 0 Å². The third-order valence-corrected chi connectivity index (χ3v) is 8.58. The van der Waals surface area contributed by atoms with Gasteiger partial charge in [-0.3, -0.25) is 4.79 Å². The molecule has 2 atom stereocenters. The van der Waals surface area contributed by atoms with E-state index in [4.69, 9.17) is 28.5 Å². The molecule has 9 nitrogen and oxygen atoms in total. The molecule has 2 aromatic heterocycles. The van der Waals surface area contributed by atoms with Crippen molar-refractivity contribution in [1.29, 1.82) is 0 Å². The van der Waals surface area contributed by atoms with Crippen LogP contribution in [0, 0.1) is 0 Å². The summed E-state index contributed by atoms with van der Waals surface area (Å²) in [6.45, 7) is 3.19. The van der Waals surface area contributed by atoms with Gasteiger partial charge in [-0.15, -0.1) is 0 Å². The van der Waals surface area contributed by atoms with Gasteiger partial charge in [0, 0.05) is 18.6 Å². The van der Waals surface area contributed by atoms with E-state index in [2.05, 4.69) is 10.1 Å². The smallest absolute Gasteiger partial charge is 0.257 e. The van der Waals surface area contributed by atoms with Crippen molar-refractivity contribution in [3.63, 3.8) is 0 Å². The molecule has 2 aliphatic carbocycles. The second-order valence-corrected chi connectivity index (χ2v) is 10.2. The second kappa shape index (κ2) is 7.21. The molecule has 0 unspecified atom stereocenters. The van der Waals surface area contributed by atoms with Gasteiger partial charge in [-0.2, -0.15) is 0 Å². The Bertz CT molecular complexity index is 1140. The highest BCUT2D eigenvalue weighted by atomic mass is 16.7. The minimum atomic E-state index is -0.617. The van der Waals surface area contributed by atoms with Crippen molar-refractivity contribution in [2.75, 3.05) is 33.0 Å². The third-order valence-electron chi connectivity index (χ3n) is 8.58. The molecule has 0 bridgehead atoms. The molecule has 0 radical (unpaired) electrons. The van der Waals surface area contributed by atoms with Crippen LogP contribution in [-0.2, 0) is 42.8 Å². The summed E-state index contributed by atoms with van der Waals surface area (Å²) in [5.41, 5.74) is 2.52. The minimum absolute atomic E-state index is 0.173. The van der Waals surface area contributed by atoms with Gasteiger partial charge in [0.25, 0.3) is 5.56 Å². The number of hydrogen-bond donors (Lipinski definition) is 1. The van der Waals surface area contributed by atoms with Crippen LogP contribution in [0.2, 0.25) is 0 Å². The predicted molar refractivity (Wildman–Crippen MR) is 115 cm³/mol. The van der Waals surface area contributed by atoms with Crippen molar-refractivity contribution in [2.45, 2.75) is 74.6 Å². The fourth-order valence-electron chi connectivity index (χ4n) is 7.00. The zero-order chi connectivity index (χ0) is 22.1. The summed E-state index contributed by atoms with van der Waals surface area (Å²) in [7, 11) is 0. The normalized spacial score (nSPS) is 32.5. The Morgan fingerprint density at radius 1 is 0.848 bits per heavy atom. The molecule has 0 amide bonds. The summed E-state index contributed by atoms with van der Waals surface area (Å²) in [6.07, 6.45) is 7.66. The quantitative estimate of drug-likeness (QED) is 0.699. The molecule has 1 saturated carbocycles. The monoisotopic (exact) mass is 455 g/mol. The minimum Gasteiger partial charge on any atom is -0.380 e. The van der Waals surface area contributed by atoms with Crippen molar-refractivity contribution >= 4 is 0 Å². The highest BCUT2D eigenvalue weighted by Crippen LogP contribution is 2.56. The van der Waals surface area contributed by atoms with E-state index in [9.17, 15) is 4.79 Å². The van der Waals surface area contributed by atoms with Gasteiger partial charge in [-0.25, -0.2) is 4.98 Å². The van der Waals surface area contributed by atoms with Crippen LogP contribution >= 0.6 is 0 Å². The second-order valence-electron chi connectivity index (χ2n) is 10.2. The zero-order valence-electron chi connectivity index (χ0n) is 18.7. The predicted octanol–water partition coefficient (Wildman–Crippen LogP) is 2.50. The number of hydrogen-bond acceptors (Lipinski definition) is 8. The van der Waals surface area contributed by atoms with Gasteiger partial charge in [0.05, 0.1) is 60.8 Å². The van der Waals surface area contributed by atoms with Gasteiger partial charge >= 0.3 is 0 Å². The summed E-state index contributed by atoms with van der Waals surface area (Å²) in [4.78, 5) is 21.0. The Balaban J connectivity index is 1.37. The number of ether oxygens (including phenoxy) is 4. The SMILES string of the molecule is O=c1[nH]c(-c2onc3c2CCC[C@@]32CCCCC23OCCO3)nc2c1COC[C@@]21CCOC1.